The number of H-pyrrole nitrogens is 1. The molecule has 0 saturated carbocycles. The molecule has 3 aromatic rings. The van der Waals surface area contributed by atoms with Crippen molar-refractivity contribution in [1.29, 1.82) is 0 Å². The first-order valence-electron chi connectivity index (χ1n) is 9.67. The second-order valence-corrected chi connectivity index (χ2v) is 7.36. The van der Waals surface area contributed by atoms with E-state index in [0.29, 0.717) is 23.8 Å². The number of methoxy groups -OCH3 is 1. The maximum atomic E-state index is 13.3. The number of pyridine rings is 1. The second-order valence-electron chi connectivity index (χ2n) is 7.36. The van der Waals surface area contributed by atoms with E-state index in [4.69, 9.17) is 4.74 Å². The van der Waals surface area contributed by atoms with Crippen LogP contribution in [0, 0.1) is 6.92 Å². The van der Waals surface area contributed by atoms with Gasteiger partial charge in [0, 0.05) is 18.8 Å². The van der Waals surface area contributed by atoms with Gasteiger partial charge in [-0.05, 0) is 31.9 Å². The predicted octanol–water partition coefficient (Wildman–Crippen LogP) is 1.86. The Morgan fingerprint density at radius 1 is 1.30 bits per heavy atom. The number of carbonyl (C=O) groups is 2. The lowest BCUT2D eigenvalue weighted by Crippen LogP contribution is -2.56. The molecule has 0 aromatic carbocycles. The molecule has 30 heavy (non-hydrogen) atoms. The zero-order chi connectivity index (χ0) is 20.8. The van der Waals surface area contributed by atoms with Crippen LogP contribution in [0.2, 0.25) is 0 Å². The fourth-order valence-electron chi connectivity index (χ4n) is 4.03. The van der Waals surface area contributed by atoms with Crippen molar-refractivity contribution >= 4 is 40.4 Å². The maximum absolute atomic E-state index is 13.3. The van der Waals surface area contributed by atoms with Crippen LogP contribution in [0.3, 0.4) is 0 Å². The molecule has 0 aliphatic carbocycles. The van der Waals surface area contributed by atoms with Crippen LogP contribution in [0.1, 0.15) is 29.2 Å². The average Bonchev–Trinajstić information content (AvgIpc) is 3.14. The average molecular weight is 408 g/mol. The van der Waals surface area contributed by atoms with Gasteiger partial charge in [-0.3, -0.25) is 15.3 Å². The van der Waals surface area contributed by atoms with Crippen LogP contribution in [0.15, 0.2) is 18.3 Å². The fourth-order valence-corrected chi connectivity index (χ4v) is 4.03. The van der Waals surface area contributed by atoms with Crippen LogP contribution in [0.25, 0.3) is 11.0 Å². The Hall–Kier alpha value is -3.76. The molecule has 5 heterocycles. The van der Waals surface area contributed by atoms with Crippen LogP contribution in [0.5, 0.6) is 0 Å². The summed E-state index contributed by atoms with van der Waals surface area (Å²) in [5.41, 5.74) is 2.17. The van der Waals surface area contributed by atoms with Gasteiger partial charge >= 0.3 is 12.0 Å². The molecule has 3 aromatic heterocycles. The van der Waals surface area contributed by atoms with Crippen LogP contribution >= 0.6 is 0 Å². The highest BCUT2D eigenvalue weighted by atomic mass is 16.5. The molecule has 1 atom stereocenters. The highest BCUT2D eigenvalue weighted by Crippen LogP contribution is 2.37. The molecule has 11 heteroatoms. The van der Waals surface area contributed by atoms with Gasteiger partial charge in [-0.15, -0.1) is 0 Å². The number of aromatic nitrogens is 5. The minimum absolute atomic E-state index is 0.0720. The zero-order valence-corrected chi connectivity index (χ0v) is 16.5. The molecule has 2 aliphatic heterocycles. The Morgan fingerprint density at radius 3 is 3.00 bits per heavy atom. The molecule has 11 nitrogen and oxygen atoms in total. The summed E-state index contributed by atoms with van der Waals surface area (Å²) in [6.45, 7) is 3.43. The van der Waals surface area contributed by atoms with Gasteiger partial charge in [-0.1, -0.05) is 0 Å². The Morgan fingerprint density at radius 2 is 2.17 bits per heavy atom. The lowest BCUT2D eigenvalue weighted by molar-refractivity contribution is 0.0586. The van der Waals surface area contributed by atoms with Crippen molar-refractivity contribution in [3.63, 3.8) is 0 Å². The third kappa shape index (κ3) is 2.90. The summed E-state index contributed by atoms with van der Waals surface area (Å²) in [7, 11) is 1.27. The summed E-state index contributed by atoms with van der Waals surface area (Å²) in [4.78, 5) is 41.9. The molecule has 5 rings (SSSR count). The Bertz CT molecular complexity index is 1160. The number of nitrogens with one attached hydrogen (secondary N) is 2. The molecule has 2 N–H and O–H groups in total. The van der Waals surface area contributed by atoms with Crippen molar-refractivity contribution in [3.8, 4) is 0 Å². The Balaban J connectivity index is 1.53. The van der Waals surface area contributed by atoms with Gasteiger partial charge in [0.25, 0.3) is 0 Å². The number of aromatic amines is 1. The Labute approximate surface area is 171 Å². The van der Waals surface area contributed by atoms with E-state index in [1.54, 1.807) is 11.1 Å². The number of anilines is 3. The van der Waals surface area contributed by atoms with E-state index in [0.717, 1.165) is 36.2 Å². The molecule has 0 radical (unpaired) electrons. The summed E-state index contributed by atoms with van der Waals surface area (Å²) in [5, 5.41) is 10.6. The number of rotatable bonds is 2. The fraction of sp³-hybridized carbons (Fsp3) is 0.368. The molecule has 2 amide bonds. The van der Waals surface area contributed by atoms with E-state index in [1.807, 2.05) is 19.1 Å². The smallest absolute Gasteiger partial charge is 0.376 e. The second kappa shape index (κ2) is 6.94. The van der Waals surface area contributed by atoms with Gasteiger partial charge in [0.05, 0.1) is 30.4 Å². The summed E-state index contributed by atoms with van der Waals surface area (Å²) in [5.74, 6) is 0.0564. The molecule has 2 bridgehead atoms. The summed E-state index contributed by atoms with van der Waals surface area (Å²) in [6.07, 6.45) is 3.36. The lowest BCUT2D eigenvalue weighted by atomic mass is 10.0. The van der Waals surface area contributed by atoms with Crippen LogP contribution < -0.4 is 15.1 Å². The summed E-state index contributed by atoms with van der Waals surface area (Å²) in [6, 6.07) is 3.28. The van der Waals surface area contributed by atoms with Gasteiger partial charge < -0.3 is 9.64 Å². The number of ether oxygens (including phenoxy) is 1. The van der Waals surface area contributed by atoms with Gasteiger partial charge in [0.2, 0.25) is 5.82 Å². The van der Waals surface area contributed by atoms with Gasteiger partial charge in [0.15, 0.2) is 17.3 Å². The number of carbonyl (C=O) groups excluding carboxylic acids is 2. The third-order valence-electron chi connectivity index (χ3n) is 5.46. The van der Waals surface area contributed by atoms with Crippen molar-refractivity contribution in [2.45, 2.75) is 25.8 Å². The van der Waals surface area contributed by atoms with E-state index in [9.17, 15) is 9.59 Å². The quantitative estimate of drug-likeness (QED) is 0.615. The number of hydrogen-bond donors (Lipinski definition) is 2. The van der Waals surface area contributed by atoms with Crippen LogP contribution in [-0.4, -0.2) is 63.4 Å². The van der Waals surface area contributed by atoms with Gasteiger partial charge in [0.1, 0.15) is 0 Å². The number of fused-ring (bicyclic) bond motifs is 5. The highest BCUT2D eigenvalue weighted by Gasteiger charge is 2.39. The van der Waals surface area contributed by atoms with Gasteiger partial charge in [-0.2, -0.15) is 5.10 Å². The standard InChI is InChI=1S/C19H20N8O3/c1-10-5-6-12-14(21-10)24-25-15(12)23-19(29)27-11-4-3-7-26(9-11)13-8-20-16(18(28)30-2)22-17(13)27/h5-6,8,11H,3-4,7,9H2,1-2H3,(H2,21,23,24,25,29). The first-order valence-corrected chi connectivity index (χ1v) is 9.67. The van der Waals surface area contributed by atoms with E-state index in [2.05, 4.69) is 35.4 Å². The number of esters is 1. The predicted molar refractivity (Wildman–Crippen MR) is 109 cm³/mol. The number of aryl methyl sites for hydroxylation is 1. The maximum Gasteiger partial charge on any atom is 0.376 e. The molecule has 1 unspecified atom stereocenters. The van der Waals surface area contributed by atoms with Crippen molar-refractivity contribution in [2.24, 2.45) is 0 Å². The molecule has 154 valence electrons. The SMILES string of the molecule is COC(=O)c1ncc2c(n1)N(C(=O)Nc1n[nH]c3nc(C)ccc13)C1CCCN2C1. The van der Waals surface area contributed by atoms with Crippen molar-refractivity contribution in [3.05, 3.63) is 29.8 Å². The van der Waals surface area contributed by atoms with E-state index >= 15 is 0 Å². The van der Waals surface area contributed by atoms with Crippen LogP contribution in [0.4, 0.5) is 22.1 Å². The Kier molecular flexibility index (Phi) is 4.23. The largest absolute Gasteiger partial charge is 0.463 e. The summed E-state index contributed by atoms with van der Waals surface area (Å²) < 4.78 is 4.74. The molecule has 1 fully saturated rings. The van der Waals surface area contributed by atoms with Gasteiger partial charge in [-0.25, -0.2) is 24.5 Å². The zero-order valence-electron chi connectivity index (χ0n) is 16.5. The minimum atomic E-state index is -0.649. The first kappa shape index (κ1) is 18.3. The van der Waals surface area contributed by atoms with Crippen molar-refractivity contribution in [2.75, 3.05) is 35.3 Å². The molecular formula is C19H20N8O3. The van der Waals surface area contributed by atoms with Crippen molar-refractivity contribution < 1.29 is 14.3 Å². The first-order chi connectivity index (χ1) is 14.5. The summed E-state index contributed by atoms with van der Waals surface area (Å²) >= 11 is 0. The minimum Gasteiger partial charge on any atom is -0.463 e. The van der Waals surface area contributed by atoms with Crippen molar-refractivity contribution in [1.82, 2.24) is 25.1 Å². The number of urea groups is 1. The van der Waals surface area contributed by atoms with E-state index in [1.165, 1.54) is 7.11 Å². The number of piperidine rings is 1. The van der Waals surface area contributed by atoms with E-state index in [-0.39, 0.29) is 17.9 Å². The van der Waals surface area contributed by atoms with E-state index < -0.39 is 5.97 Å². The number of nitrogens with zero attached hydrogens (tertiary/aromatic N) is 6. The molecule has 2 aliphatic rings. The number of hydrogen-bond acceptors (Lipinski definition) is 8. The third-order valence-corrected chi connectivity index (χ3v) is 5.46. The monoisotopic (exact) mass is 408 g/mol. The molecule has 0 spiro atoms. The normalized spacial score (nSPS) is 17.6. The topological polar surface area (TPSA) is 129 Å². The highest BCUT2D eigenvalue weighted by molar-refractivity contribution is 6.07. The van der Waals surface area contributed by atoms with Crippen LogP contribution in [-0.2, 0) is 4.74 Å². The lowest BCUT2D eigenvalue weighted by Gasteiger charge is -2.45. The molecular weight excluding hydrogens is 388 g/mol. The number of amides is 2. The molecule has 1 saturated heterocycles.